The number of carbonyl (C=O) groups is 1. The topological polar surface area (TPSA) is 40.5 Å². The normalized spacial score (nSPS) is 9.36. The van der Waals surface area contributed by atoms with Gasteiger partial charge < -0.3 is 0 Å². The van der Waals surface area contributed by atoms with Crippen LogP contribution >= 0.6 is 0 Å². The highest BCUT2D eigenvalue weighted by molar-refractivity contribution is 5.91. The average molecular weight is 156 g/mol. The Morgan fingerprint density at radius 2 is 2.18 bits per heavy atom. The third-order valence-corrected chi connectivity index (χ3v) is 1.33. The quantitative estimate of drug-likeness (QED) is 0.379. The molecule has 63 valence electrons. The second-order valence-electron chi connectivity index (χ2n) is 2.24. The molecule has 3 heteroatoms. The minimum absolute atomic E-state index is 0.262. The number of amides is 1. The highest BCUT2D eigenvalue weighted by Gasteiger charge is 2.11. The van der Waals surface area contributed by atoms with Crippen molar-refractivity contribution in [3.63, 3.8) is 0 Å². The van der Waals surface area contributed by atoms with Gasteiger partial charge >= 0.3 is 0 Å². The van der Waals surface area contributed by atoms with Crippen molar-refractivity contribution in [1.82, 2.24) is 5.06 Å². The maximum absolute atomic E-state index is 11.0. The fraction of sp³-hybridized carbons (Fsp3) is 0.500. The maximum Gasteiger partial charge on any atom is 0.272 e. The van der Waals surface area contributed by atoms with Crippen molar-refractivity contribution in [3.05, 3.63) is 19.1 Å². The average Bonchev–Trinajstić information content (AvgIpc) is 2.02. The molecule has 0 aliphatic carbocycles. The van der Waals surface area contributed by atoms with Crippen LogP contribution < -0.4 is 0 Å². The predicted molar refractivity (Wildman–Crippen MR) is 42.9 cm³/mol. The molecule has 0 spiro atoms. The Kier molecular flexibility index (Phi) is 4.54. The number of hydrogen-bond acceptors (Lipinski definition) is 2. The lowest BCUT2D eigenvalue weighted by atomic mass is 10.2. The summed E-state index contributed by atoms with van der Waals surface area (Å²) in [6.07, 6.45) is 1.06. The van der Waals surface area contributed by atoms with Crippen LogP contribution in [0.2, 0.25) is 0 Å². The molecule has 0 heterocycles. The van der Waals surface area contributed by atoms with Crippen molar-refractivity contribution in [2.45, 2.75) is 19.8 Å². The molecule has 0 aromatic heterocycles. The minimum atomic E-state index is -0.406. The largest absolute Gasteiger partial charge is 0.286 e. The van der Waals surface area contributed by atoms with Crippen LogP contribution in [0.1, 0.15) is 19.8 Å². The lowest BCUT2D eigenvalue weighted by Gasteiger charge is -2.13. The van der Waals surface area contributed by atoms with E-state index in [2.05, 4.69) is 13.5 Å². The summed E-state index contributed by atoms with van der Waals surface area (Å²) in [7, 11) is 0. The van der Waals surface area contributed by atoms with Crippen LogP contribution in [-0.4, -0.2) is 22.7 Å². The molecule has 0 bridgehead atoms. The van der Waals surface area contributed by atoms with Crippen LogP contribution in [0.3, 0.4) is 0 Å². The Morgan fingerprint density at radius 1 is 1.64 bits per heavy atom. The fourth-order valence-corrected chi connectivity index (χ4v) is 0.585. The van der Waals surface area contributed by atoms with Crippen LogP contribution in [0, 0.1) is 6.92 Å². The van der Waals surface area contributed by atoms with Crippen molar-refractivity contribution in [1.29, 1.82) is 0 Å². The van der Waals surface area contributed by atoms with E-state index < -0.39 is 5.91 Å². The van der Waals surface area contributed by atoms with Crippen molar-refractivity contribution in [3.8, 4) is 0 Å². The monoisotopic (exact) mass is 156 g/mol. The van der Waals surface area contributed by atoms with Crippen LogP contribution in [0.5, 0.6) is 0 Å². The standard InChI is InChI=1S/C8H14NO2/c1-4-6-9(11)8(10)7(3)5-2/h11H,1,3-6H2,2H3. The van der Waals surface area contributed by atoms with Gasteiger partial charge in [-0.2, -0.15) is 0 Å². The van der Waals surface area contributed by atoms with Gasteiger partial charge in [-0.25, -0.2) is 5.06 Å². The Bertz CT molecular complexity index is 154. The molecule has 0 aliphatic rings. The van der Waals surface area contributed by atoms with Crippen molar-refractivity contribution in [2.24, 2.45) is 0 Å². The number of nitrogens with zero attached hydrogens (tertiary/aromatic N) is 1. The number of hydrogen-bond donors (Lipinski definition) is 1. The summed E-state index contributed by atoms with van der Waals surface area (Å²) in [6.45, 7) is 9.09. The molecule has 11 heavy (non-hydrogen) atoms. The summed E-state index contributed by atoms with van der Waals surface area (Å²) >= 11 is 0. The molecule has 1 radical (unpaired) electrons. The Morgan fingerprint density at radius 3 is 2.55 bits per heavy atom. The van der Waals surface area contributed by atoms with Gasteiger partial charge in [-0.15, -0.1) is 0 Å². The van der Waals surface area contributed by atoms with Gasteiger partial charge in [0.2, 0.25) is 0 Å². The van der Waals surface area contributed by atoms with E-state index in [-0.39, 0.29) is 6.54 Å². The summed E-state index contributed by atoms with van der Waals surface area (Å²) < 4.78 is 0. The SMILES string of the molecule is [CH2]CCN(O)C(=O)C(=C)CC. The molecular weight excluding hydrogens is 142 g/mol. The molecule has 1 amide bonds. The number of rotatable bonds is 4. The molecule has 0 aromatic rings. The highest BCUT2D eigenvalue weighted by atomic mass is 16.5. The maximum atomic E-state index is 11.0. The molecule has 0 fully saturated rings. The van der Waals surface area contributed by atoms with E-state index in [0.29, 0.717) is 23.5 Å². The van der Waals surface area contributed by atoms with Gasteiger partial charge in [0, 0.05) is 12.1 Å². The summed E-state index contributed by atoms with van der Waals surface area (Å²) in [5, 5.41) is 9.65. The minimum Gasteiger partial charge on any atom is -0.286 e. The third-order valence-electron chi connectivity index (χ3n) is 1.33. The zero-order valence-electron chi connectivity index (χ0n) is 6.84. The highest BCUT2D eigenvalue weighted by Crippen LogP contribution is 2.01. The molecule has 0 saturated heterocycles. The summed E-state index contributed by atoms with van der Waals surface area (Å²) in [5.74, 6) is -0.406. The van der Waals surface area contributed by atoms with Crippen LogP contribution in [-0.2, 0) is 4.79 Å². The predicted octanol–water partition coefficient (Wildman–Crippen LogP) is 1.39. The first-order valence-electron chi connectivity index (χ1n) is 3.61. The van der Waals surface area contributed by atoms with Gasteiger partial charge in [-0.05, 0) is 12.8 Å². The first-order chi connectivity index (χ1) is 5.13. The van der Waals surface area contributed by atoms with Gasteiger partial charge in [-0.3, -0.25) is 10.0 Å². The van der Waals surface area contributed by atoms with Crippen molar-refractivity contribution < 1.29 is 10.0 Å². The molecule has 3 nitrogen and oxygen atoms in total. The zero-order chi connectivity index (χ0) is 8.85. The second-order valence-corrected chi connectivity index (χ2v) is 2.24. The van der Waals surface area contributed by atoms with Crippen LogP contribution in [0.4, 0.5) is 0 Å². The van der Waals surface area contributed by atoms with Crippen LogP contribution in [0.25, 0.3) is 0 Å². The smallest absolute Gasteiger partial charge is 0.272 e. The van der Waals surface area contributed by atoms with Crippen molar-refractivity contribution in [2.75, 3.05) is 6.54 Å². The molecule has 0 aromatic carbocycles. The third kappa shape index (κ3) is 3.18. The molecule has 0 aliphatic heterocycles. The van der Waals surface area contributed by atoms with E-state index in [1.54, 1.807) is 0 Å². The van der Waals surface area contributed by atoms with E-state index >= 15 is 0 Å². The zero-order valence-corrected chi connectivity index (χ0v) is 6.84. The van der Waals surface area contributed by atoms with Crippen molar-refractivity contribution >= 4 is 5.91 Å². The summed E-state index contributed by atoms with van der Waals surface area (Å²) in [6, 6.07) is 0. The Labute approximate surface area is 67.3 Å². The van der Waals surface area contributed by atoms with Crippen LogP contribution in [0.15, 0.2) is 12.2 Å². The van der Waals surface area contributed by atoms with E-state index in [4.69, 9.17) is 5.21 Å². The Hall–Kier alpha value is -0.830. The molecule has 0 saturated carbocycles. The first kappa shape index (κ1) is 10.2. The molecular formula is C8H14NO2. The summed E-state index contributed by atoms with van der Waals surface area (Å²) in [4.78, 5) is 11.0. The van der Waals surface area contributed by atoms with Gasteiger partial charge in [0.15, 0.2) is 0 Å². The molecule has 1 N–H and O–H groups in total. The molecule has 0 atom stereocenters. The first-order valence-corrected chi connectivity index (χ1v) is 3.61. The van der Waals surface area contributed by atoms with Gasteiger partial charge in [-0.1, -0.05) is 20.4 Å². The van der Waals surface area contributed by atoms with E-state index in [9.17, 15) is 4.79 Å². The summed E-state index contributed by atoms with van der Waals surface area (Å²) in [5.41, 5.74) is 0.418. The second kappa shape index (κ2) is 4.91. The molecule has 0 rings (SSSR count). The van der Waals surface area contributed by atoms with E-state index in [1.165, 1.54) is 0 Å². The lowest BCUT2D eigenvalue weighted by molar-refractivity contribution is -0.160. The van der Waals surface area contributed by atoms with Gasteiger partial charge in [0.25, 0.3) is 5.91 Å². The fourth-order valence-electron chi connectivity index (χ4n) is 0.585. The van der Waals surface area contributed by atoms with Gasteiger partial charge in [0.1, 0.15) is 0 Å². The molecule has 0 unspecified atom stereocenters. The lowest BCUT2D eigenvalue weighted by Crippen LogP contribution is -2.28. The van der Waals surface area contributed by atoms with E-state index in [1.807, 2.05) is 6.92 Å². The Balaban J connectivity index is 3.91. The number of hydroxylamine groups is 2. The van der Waals surface area contributed by atoms with E-state index in [0.717, 1.165) is 0 Å². The number of carbonyl (C=O) groups excluding carboxylic acids is 1. The van der Waals surface area contributed by atoms with Gasteiger partial charge in [0.05, 0.1) is 0 Å².